The van der Waals surface area contributed by atoms with E-state index in [4.69, 9.17) is 17.3 Å². The minimum absolute atomic E-state index is 0.636. The van der Waals surface area contributed by atoms with Crippen molar-refractivity contribution in [3.05, 3.63) is 15.5 Å². The lowest BCUT2D eigenvalue weighted by molar-refractivity contribution is 0.172. The van der Waals surface area contributed by atoms with Crippen LogP contribution in [0, 0.1) is 5.92 Å². The van der Waals surface area contributed by atoms with E-state index in [1.807, 2.05) is 6.20 Å². The molecule has 1 aliphatic rings. The summed E-state index contributed by atoms with van der Waals surface area (Å²) < 4.78 is 0.636. The maximum atomic E-state index is 5.80. The van der Waals surface area contributed by atoms with Gasteiger partial charge in [-0.05, 0) is 31.8 Å². The van der Waals surface area contributed by atoms with E-state index in [1.54, 1.807) is 11.3 Å². The van der Waals surface area contributed by atoms with E-state index in [0.717, 1.165) is 19.6 Å². The summed E-state index contributed by atoms with van der Waals surface area (Å²) in [6.07, 6.45) is 4.41. The normalized spacial score (nSPS) is 23.2. The second kappa shape index (κ2) is 5.25. The molecule has 2 rings (SSSR count). The molecule has 3 nitrogen and oxygen atoms in total. The molecular weight excluding hydrogens is 230 g/mol. The molecule has 84 valence electrons. The molecule has 1 aromatic heterocycles. The van der Waals surface area contributed by atoms with Crippen molar-refractivity contribution in [2.75, 3.05) is 19.6 Å². The summed E-state index contributed by atoms with van der Waals surface area (Å²) >= 11 is 7.37. The van der Waals surface area contributed by atoms with Crippen molar-refractivity contribution in [3.8, 4) is 0 Å². The third-order valence-corrected chi connectivity index (χ3v) is 3.94. The molecule has 0 amide bonds. The molecular formula is C10H16ClN3S. The van der Waals surface area contributed by atoms with Crippen LogP contribution in [0.5, 0.6) is 0 Å². The Morgan fingerprint density at radius 2 is 2.53 bits per heavy atom. The van der Waals surface area contributed by atoms with Gasteiger partial charge in [-0.15, -0.1) is 11.3 Å². The van der Waals surface area contributed by atoms with E-state index in [2.05, 4.69) is 9.88 Å². The molecule has 5 heteroatoms. The van der Waals surface area contributed by atoms with Crippen LogP contribution in [0.15, 0.2) is 6.20 Å². The largest absolute Gasteiger partial charge is 0.330 e. The van der Waals surface area contributed by atoms with Gasteiger partial charge in [-0.25, -0.2) is 4.98 Å². The van der Waals surface area contributed by atoms with Crippen LogP contribution in [-0.2, 0) is 6.54 Å². The highest BCUT2D eigenvalue weighted by Crippen LogP contribution is 2.22. The molecule has 1 fully saturated rings. The van der Waals surface area contributed by atoms with Crippen LogP contribution in [0.4, 0.5) is 0 Å². The zero-order valence-electron chi connectivity index (χ0n) is 8.66. The van der Waals surface area contributed by atoms with Crippen molar-refractivity contribution >= 4 is 22.9 Å². The van der Waals surface area contributed by atoms with Gasteiger partial charge in [0.25, 0.3) is 0 Å². The van der Waals surface area contributed by atoms with E-state index in [0.29, 0.717) is 10.4 Å². The summed E-state index contributed by atoms with van der Waals surface area (Å²) in [7, 11) is 0. The third kappa shape index (κ3) is 3.14. The van der Waals surface area contributed by atoms with E-state index in [1.165, 1.54) is 24.3 Å². The van der Waals surface area contributed by atoms with Gasteiger partial charge in [0.15, 0.2) is 4.47 Å². The van der Waals surface area contributed by atoms with Gasteiger partial charge in [0, 0.05) is 24.2 Å². The smallest absolute Gasteiger partial charge is 0.183 e. The molecule has 15 heavy (non-hydrogen) atoms. The van der Waals surface area contributed by atoms with Crippen LogP contribution in [0.1, 0.15) is 17.7 Å². The Morgan fingerprint density at radius 3 is 3.20 bits per heavy atom. The standard InChI is InChI=1S/C10H16ClN3S/c11-10-13-5-9(15-10)7-14-3-1-2-8(4-12)6-14/h5,8H,1-4,6-7,12H2. The van der Waals surface area contributed by atoms with Crippen LogP contribution in [0.2, 0.25) is 4.47 Å². The number of piperidine rings is 1. The molecule has 1 aliphatic heterocycles. The Bertz CT molecular complexity index is 315. The highest BCUT2D eigenvalue weighted by molar-refractivity contribution is 7.15. The minimum atomic E-state index is 0.636. The average molecular weight is 246 g/mol. The highest BCUT2D eigenvalue weighted by Gasteiger charge is 2.19. The van der Waals surface area contributed by atoms with Crippen molar-refractivity contribution in [1.82, 2.24) is 9.88 Å². The Morgan fingerprint density at radius 1 is 1.67 bits per heavy atom. The number of nitrogens with zero attached hydrogens (tertiary/aromatic N) is 2. The van der Waals surface area contributed by atoms with Crippen molar-refractivity contribution in [2.24, 2.45) is 11.7 Å². The first kappa shape index (κ1) is 11.3. The Labute approximate surface area is 99.2 Å². The summed E-state index contributed by atoms with van der Waals surface area (Å²) in [6, 6.07) is 0. The van der Waals surface area contributed by atoms with Gasteiger partial charge in [-0.2, -0.15) is 0 Å². The summed E-state index contributed by atoms with van der Waals surface area (Å²) in [4.78, 5) is 7.75. The summed E-state index contributed by atoms with van der Waals surface area (Å²) in [5.74, 6) is 0.669. The number of likely N-dealkylation sites (tertiary alicyclic amines) is 1. The fraction of sp³-hybridized carbons (Fsp3) is 0.700. The quantitative estimate of drug-likeness (QED) is 0.886. The van der Waals surface area contributed by atoms with E-state index >= 15 is 0 Å². The van der Waals surface area contributed by atoms with Crippen LogP contribution in [0.25, 0.3) is 0 Å². The number of hydrogen-bond donors (Lipinski definition) is 1. The summed E-state index contributed by atoms with van der Waals surface area (Å²) in [5, 5.41) is 0. The SMILES string of the molecule is NCC1CCCN(Cc2cnc(Cl)s2)C1. The lowest BCUT2D eigenvalue weighted by Gasteiger charge is -2.31. The summed E-state index contributed by atoms with van der Waals surface area (Å²) in [5.41, 5.74) is 5.71. The fourth-order valence-electron chi connectivity index (χ4n) is 2.06. The first-order chi connectivity index (χ1) is 7.28. The van der Waals surface area contributed by atoms with Crippen molar-refractivity contribution in [1.29, 1.82) is 0 Å². The first-order valence-electron chi connectivity index (χ1n) is 5.30. The predicted octanol–water partition coefficient (Wildman–Crippen LogP) is 1.97. The molecule has 0 saturated carbocycles. The van der Waals surface area contributed by atoms with Crippen LogP contribution in [0.3, 0.4) is 0 Å². The molecule has 1 saturated heterocycles. The number of nitrogens with two attached hydrogens (primary N) is 1. The van der Waals surface area contributed by atoms with E-state index < -0.39 is 0 Å². The van der Waals surface area contributed by atoms with Gasteiger partial charge >= 0.3 is 0 Å². The van der Waals surface area contributed by atoms with Crippen LogP contribution >= 0.6 is 22.9 Å². The fourth-order valence-corrected chi connectivity index (χ4v) is 3.08. The van der Waals surface area contributed by atoms with Crippen molar-refractivity contribution in [2.45, 2.75) is 19.4 Å². The number of rotatable bonds is 3. The zero-order chi connectivity index (χ0) is 10.7. The Hall–Kier alpha value is -0.160. The van der Waals surface area contributed by atoms with Gasteiger partial charge in [-0.3, -0.25) is 4.90 Å². The number of aromatic nitrogens is 1. The molecule has 0 spiro atoms. The van der Waals surface area contributed by atoms with Gasteiger partial charge in [0.2, 0.25) is 0 Å². The molecule has 0 aliphatic carbocycles. The molecule has 0 aromatic carbocycles. The van der Waals surface area contributed by atoms with Gasteiger partial charge in [-0.1, -0.05) is 11.6 Å². The zero-order valence-corrected chi connectivity index (χ0v) is 10.2. The van der Waals surface area contributed by atoms with E-state index in [9.17, 15) is 0 Å². The van der Waals surface area contributed by atoms with Gasteiger partial charge in [0.05, 0.1) is 0 Å². The van der Waals surface area contributed by atoms with Crippen molar-refractivity contribution < 1.29 is 0 Å². The van der Waals surface area contributed by atoms with Crippen molar-refractivity contribution in [3.63, 3.8) is 0 Å². The van der Waals surface area contributed by atoms with E-state index in [-0.39, 0.29) is 0 Å². The Balaban J connectivity index is 1.88. The topological polar surface area (TPSA) is 42.1 Å². The van der Waals surface area contributed by atoms with Gasteiger partial charge in [0.1, 0.15) is 0 Å². The molecule has 1 atom stereocenters. The molecule has 2 heterocycles. The Kier molecular flexibility index (Phi) is 3.97. The second-order valence-electron chi connectivity index (χ2n) is 4.06. The molecule has 0 bridgehead atoms. The molecule has 1 unspecified atom stereocenters. The minimum Gasteiger partial charge on any atom is -0.330 e. The number of thiazole rings is 1. The molecule has 0 radical (unpaired) electrons. The lowest BCUT2D eigenvalue weighted by Crippen LogP contribution is -2.37. The molecule has 2 N–H and O–H groups in total. The average Bonchev–Trinajstić information content (AvgIpc) is 2.64. The number of halogens is 1. The monoisotopic (exact) mass is 245 g/mol. The van der Waals surface area contributed by atoms with Gasteiger partial charge < -0.3 is 5.73 Å². The lowest BCUT2D eigenvalue weighted by atomic mass is 9.98. The maximum Gasteiger partial charge on any atom is 0.183 e. The second-order valence-corrected chi connectivity index (χ2v) is 5.76. The van der Waals surface area contributed by atoms with Crippen LogP contribution in [-0.4, -0.2) is 29.5 Å². The first-order valence-corrected chi connectivity index (χ1v) is 6.50. The molecule has 1 aromatic rings. The van der Waals surface area contributed by atoms with Crippen LogP contribution < -0.4 is 5.73 Å². The summed E-state index contributed by atoms with van der Waals surface area (Å²) in [6.45, 7) is 4.07. The third-order valence-electron chi connectivity index (χ3n) is 2.84. The predicted molar refractivity (Wildman–Crippen MR) is 64.2 cm³/mol. The maximum absolute atomic E-state index is 5.80. The highest BCUT2D eigenvalue weighted by atomic mass is 35.5. The number of hydrogen-bond acceptors (Lipinski definition) is 4.